The second kappa shape index (κ2) is 7.27. The molecule has 1 aromatic rings. The van der Waals surface area contributed by atoms with Crippen molar-refractivity contribution in [2.45, 2.75) is 19.1 Å². The van der Waals surface area contributed by atoms with E-state index in [4.69, 9.17) is 10.5 Å². The molecule has 20 heavy (non-hydrogen) atoms. The lowest BCUT2D eigenvalue weighted by Crippen LogP contribution is -2.22. The van der Waals surface area contributed by atoms with Crippen LogP contribution in [0.1, 0.15) is 19.4 Å². The Morgan fingerprint density at radius 1 is 1.35 bits per heavy atom. The van der Waals surface area contributed by atoms with E-state index in [1.54, 1.807) is 19.9 Å². The van der Waals surface area contributed by atoms with Gasteiger partial charge < -0.3 is 10.5 Å². The average Bonchev–Trinajstić information content (AvgIpc) is 2.35. The van der Waals surface area contributed by atoms with E-state index in [1.807, 2.05) is 0 Å². The molecule has 0 spiro atoms. The smallest absolute Gasteiger partial charge is 0.155 e. The molecule has 0 atom stereocenters. The SMILES string of the molecule is CC(C)S(=O)(=O)CCOc1cc(F)cc(C#CCN)c1. The zero-order chi connectivity index (χ0) is 15.2. The second-order valence-corrected chi connectivity index (χ2v) is 7.12. The maximum atomic E-state index is 13.3. The predicted octanol–water partition coefficient (Wildman–Crippen LogP) is 1.34. The molecule has 0 aliphatic heterocycles. The van der Waals surface area contributed by atoms with Crippen LogP contribution in [0.2, 0.25) is 0 Å². The number of halogens is 1. The van der Waals surface area contributed by atoms with Crippen molar-refractivity contribution in [2.75, 3.05) is 18.9 Å². The van der Waals surface area contributed by atoms with Gasteiger partial charge >= 0.3 is 0 Å². The first-order valence-corrected chi connectivity index (χ1v) is 7.90. The Kier molecular flexibility index (Phi) is 5.99. The Hall–Kier alpha value is -1.58. The second-order valence-electron chi connectivity index (χ2n) is 4.45. The summed E-state index contributed by atoms with van der Waals surface area (Å²) in [6.45, 7) is 3.38. The fourth-order valence-electron chi connectivity index (χ4n) is 1.38. The van der Waals surface area contributed by atoms with Gasteiger partial charge in [-0.3, -0.25) is 0 Å². The third-order valence-electron chi connectivity index (χ3n) is 2.56. The van der Waals surface area contributed by atoms with Crippen LogP contribution in [0, 0.1) is 17.7 Å². The van der Waals surface area contributed by atoms with Gasteiger partial charge in [-0.1, -0.05) is 11.8 Å². The van der Waals surface area contributed by atoms with Crippen LogP contribution in [0.15, 0.2) is 18.2 Å². The molecular weight excluding hydrogens is 281 g/mol. The quantitative estimate of drug-likeness (QED) is 0.833. The average molecular weight is 299 g/mol. The third-order valence-corrected chi connectivity index (χ3v) is 4.73. The van der Waals surface area contributed by atoms with E-state index in [0.717, 1.165) is 0 Å². The number of hydrogen-bond donors (Lipinski definition) is 1. The largest absolute Gasteiger partial charge is 0.492 e. The first-order chi connectivity index (χ1) is 9.35. The van der Waals surface area contributed by atoms with Gasteiger partial charge in [-0.2, -0.15) is 0 Å². The Labute approximate surface area is 119 Å². The molecule has 110 valence electrons. The van der Waals surface area contributed by atoms with Crippen molar-refractivity contribution in [3.8, 4) is 17.6 Å². The van der Waals surface area contributed by atoms with Gasteiger partial charge in [0.05, 0.1) is 17.5 Å². The molecule has 0 aromatic heterocycles. The van der Waals surface area contributed by atoms with Gasteiger partial charge in [-0.25, -0.2) is 12.8 Å². The third kappa shape index (κ3) is 5.19. The van der Waals surface area contributed by atoms with Crippen LogP contribution in [0.25, 0.3) is 0 Å². The van der Waals surface area contributed by atoms with Crippen molar-refractivity contribution >= 4 is 9.84 Å². The van der Waals surface area contributed by atoms with Gasteiger partial charge in [-0.15, -0.1) is 0 Å². The van der Waals surface area contributed by atoms with E-state index in [1.165, 1.54) is 12.1 Å². The molecule has 0 fully saturated rings. The summed E-state index contributed by atoms with van der Waals surface area (Å²) in [6.07, 6.45) is 0. The fourth-order valence-corrected chi connectivity index (χ4v) is 2.17. The Morgan fingerprint density at radius 2 is 2.05 bits per heavy atom. The summed E-state index contributed by atoms with van der Waals surface area (Å²) in [7, 11) is -3.17. The minimum Gasteiger partial charge on any atom is -0.492 e. The molecule has 0 saturated carbocycles. The molecule has 0 unspecified atom stereocenters. The van der Waals surface area contributed by atoms with Crippen molar-refractivity contribution in [3.05, 3.63) is 29.6 Å². The molecule has 0 saturated heterocycles. The molecule has 2 N–H and O–H groups in total. The number of ether oxygens (including phenoxy) is 1. The molecule has 1 rings (SSSR count). The van der Waals surface area contributed by atoms with Crippen LogP contribution in [0.3, 0.4) is 0 Å². The minimum absolute atomic E-state index is 0.0201. The highest BCUT2D eigenvalue weighted by Crippen LogP contribution is 2.16. The van der Waals surface area contributed by atoms with E-state index in [-0.39, 0.29) is 24.7 Å². The molecule has 6 heteroatoms. The van der Waals surface area contributed by atoms with Crippen molar-refractivity contribution in [2.24, 2.45) is 5.73 Å². The standard InChI is InChI=1S/C14H18FNO3S/c1-11(2)20(17,18)7-6-19-14-9-12(4-3-5-16)8-13(15)10-14/h8-11H,5-7,16H2,1-2H3. The van der Waals surface area contributed by atoms with Gasteiger partial charge in [0.1, 0.15) is 18.2 Å². The maximum Gasteiger partial charge on any atom is 0.155 e. The van der Waals surface area contributed by atoms with E-state index in [0.29, 0.717) is 5.56 Å². The van der Waals surface area contributed by atoms with E-state index >= 15 is 0 Å². The minimum atomic E-state index is -3.17. The van der Waals surface area contributed by atoms with Crippen molar-refractivity contribution < 1.29 is 17.5 Å². The van der Waals surface area contributed by atoms with Crippen LogP contribution < -0.4 is 10.5 Å². The zero-order valence-electron chi connectivity index (χ0n) is 11.5. The van der Waals surface area contributed by atoms with Crippen molar-refractivity contribution in [1.82, 2.24) is 0 Å². The molecule has 0 radical (unpaired) electrons. The summed E-state index contributed by atoms with van der Waals surface area (Å²) in [5, 5.41) is -0.454. The first kappa shape index (κ1) is 16.5. The zero-order valence-corrected chi connectivity index (χ0v) is 12.3. The van der Waals surface area contributed by atoms with Crippen LogP contribution in [0.4, 0.5) is 4.39 Å². The monoisotopic (exact) mass is 299 g/mol. The number of benzene rings is 1. The molecule has 0 heterocycles. The van der Waals surface area contributed by atoms with Crippen LogP contribution in [-0.4, -0.2) is 32.6 Å². The summed E-state index contributed by atoms with van der Waals surface area (Å²) < 4.78 is 41.8. The van der Waals surface area contributed by atoms with Gasteiger partial charge in [-0.05, 0) is 26.0 Å². The lowest BCUT2D eigenvalue weighted by atomic mass is 10.2. The molecule has 0 aliphatic carbocycles. The Morgan fingerprint density at radius 3 is 2.65 bits per heavy atom. The molecule has 1 aromatic carbocycles. The maximum absolute atomic E-state index is 13.3. The van der Waals surface area contributed by atoms with Gasteiger partial charge in [0.25, 0.3) is 0 Å². The summed E-state index contributed by atoms with van der Waals surface area (Å²) in [4.78, 5) is 0. The highest BCUT2D eigenvalue weighted by atomic mass is 32.2. The molecule has 0 amide bonds. The first-order valence-electron chi connectivity index (χ1n) is 6.19. The number of rotatable bonds is 5. The molecule has 0 aliphatic rings. The highest BCUT2D eigenvalue weighted by molar-refractivity contribution is 7.91. The predicted molar refractivity (Wildman–Crippen MR) is 76.8 cm³/mol. The molecule has 4 nitrogen and oxygen atoms in total. The van der Waals surface area contributed by atoms with Crippen LogP contribution >= 0.6 is 0 Å². The number of sulfone groups is 1. The lowest BCUT2D eigenvalue weighted by molar-refractivity contribution is 0.338. The van der Waals surface area contributed by atoms with E-state index in [9.17, 15) is 12.8 Å². The summed E-state index contributed by atoms with van der Waals surface area (Å²) in [6, 6.07) is 4.00. The van der Waals surface area contributed by atoms with E-state index < -0.39 is 20.9 Å². The van der Waals surface area contributed by atoms with E-state index in [2.05, 4.69) is 11.8 Å². The van der Waals surface area contributed by atoms with Crippen molar-refractivity contribution in [3.63, 3.8) is 0 Å². The van der Waals surface area contributed by atoms with Gasteiger partial charge in [0.2, 0.25) is 0 Å². The summed E-state index contributed by atoms with van der Waals surface area (Å²) in [5.41, 5.74) is 5.69. The number of nitrogens with two attached hydrogens (primary N) is 1. The lowest BCUT2D eigenvalue weighted by Gasteiger charge is -2.09. The van der Waals surface area contributed by atoms with Gasteiger partial charge in [0.15, 0.2) is 9.84 Å². The Bertz CT molecular complexity index is 615. The summed E-state index contributed by atoms with van der Waals surface area (Å²) >= 11 is 0. The summed E-state index contributed by atoms with van der Waals surface area (Å²) in [5.74, 6) is 4.97. The topological polar surface area (TPSA) is 69.4 Å². The number of hydrogen-bond acceptors (Lipinski definition) is 4. The van der Waals surface area contributed by atoms with Gasteiger partial charge in [0, 0.05) is 11.6 Å². The van der Waals surface area contributed by atoms with Crippen LogP contribution in [0.5, 0.6) is 5.75 Å². The van der Waals surface area contributed by atoms with Crippen LogP contribution in [-0.2, 0) is 9.84 Å². The van der Waals surface area contributed by atoms with Crippen molar-refractivity contribution in [1.29, 1.82) is 0 Å². The Balaban J connectivity index is 2.72. The highest BCUT2D eigenvalue weighted by Gasteiger charge is 2.15. The fraction of sp³-hybridized carbons (Fsp3) is 0.429. The normalized spacial score (nSPS) is 11.1. The molecular formula is C14H18FNO3S. The molecule has 0 bridgehead atoms.